The van der Waals surface area contributed by atoms with Gasteiger partial charge in [0.15, 0.2) is 6.61 Å². The summed E-state index contributed by atoms with van der Waals surface area (Å²) in [6, 6.07) is 3.65. The van der Waals surface area contributed by atoms with E-state index in [-0.39, 0.29) is 17.7 Å². The molecule has 1 aliphatic carbocycles. The number of carbonyl (C=O) groups excluding carboxylic acids is 1. The molecule has 1 aromatic rings. The van der Waals surface area contributed by atoms with E-state index in [9.17, 15) is 18.0 Å². The zero-order valence-electron chi connectivity index (χ0n) is 15.0. The van der Waals surface area contributed by atoms with Crippen molar-refractivity contribution < 1.29 is 22.7 Å². The maximum absolute atomic E-state index is 12.3. The molecule has 4 nitrogen and oxygen atoms in total. The lowest BCUT2D eigenvalue weighted by Gasteiger charge is -2.24. The molecule has 1 amide bonds. The van der Waals surface area contributed by atoms with Crippen molar-refractivity contribution in [3.05, 3.63) is 28.8 Å². The SMILES string of the molecule is Cc1cc(CN(C)C(C)C(=O)NC2CC2)cc(C)c1OCC(F)(F)F. The molecule has 0 saturated heterocycles. The summed E-state index contributed by atoms with van der Waals surface area (Å²) in [6.45, 7) is 4.53. The van der Waals surface area contributed by atoms with Crippen LogP contribution in [-0.2, 0) is 11.3 Å². The lowest BCUT2D eigenvalue weighted by atomic mass is 10.0. The number of ether oxygens (including phenoxy) is 1. The molecule has 7 heteroatoms. The number of nitrogens with zero attached hydrogens (tertiary/aromatic N) is 1. The number of likely N-dealkylation sites (N-methyl/N-ethyl adjacent to an activating group) is 1. The predicted octanol–water partition coefficient (Wildman–Crippen LogP) is 3.34. The number of hydrogen-bond acceptors (Lipinski definition) is 3. The number of amides is 1. The van der Waals surface area contributed by atoms with Crippen molar-refractivity contribution >= 4 is 5.91 Å². The van der Waals surface area contributed by atoms with Crippen LogP contribution in [0.5, 0.6) is 5.75 Å². The largest absolute Gasteiger partial charge is 0.484 e. The van der Waals surface area contributed by atoms with Crippen molar-refractivity contribution in [2.24, 2.45) is 0 Å². The summed E-state index contributed by atoms with van der Waals surface area (Å²) < 4.78 is 42.0. The second-order valence-corrected chi connectivity index (χ2v) is 6.84. The Morgan fingerprint density at radius 3 is 2.36 bits per heavy atom. The lowest BCUT2D eigenvalue weighted by Crippen LogP contribution is -2.43. The van der Waals surface area contributed by atoms with Gasteiger partial charge in [0.05, 0.1) is 6.04 Å². The Morgan fingerprint density at radius 2 is 1.88 bits per heavy atom. The Kier molecular flexibility index (Phi) is 5.98. The van der Waals surface area contributed by atoms with Crippen LogP contribution < -0.4 is 10.1 Å². The Hall–Kier alpha value is -1.76. The Bertz CT molecular complexity index is 604. The van der Waals surface area contributed by atoms with E-state index in [1.807, 2.05) is 18.9 Å². The van der Waals surface area contributed by atoms with Gasteiger partial charge in [-0.05, 0) is 57.4 Å². The van der Waals surface area contributed by atoms with Crippen LogP contribution in [0.4, 0.5) is 13.2 Å². The van der Waals surface area contributed by atoms with Crippen molar-refractivity contribution in [3.63, 3.8) is 0 Å². The highest BCUT2D eigenvalue weighted by atomic mass is 19.4. The molecule has 140 valence electrons. The van der Waals surface area contributed by atoms with Gasteiger partial charge in [-0.15, -0.1) is 0 Å². The average molecular weight is 358 g/mol. The molecule has 0 spiro atoms. The second kappa shape index (κ2) is 7.64. The molecule has 0 aliphatic heterocycles. The van der Waals surface area contributed by atoms with Gasteiger partial charge in [-0.25, -0.2) is 0 Å². The van der Waals surface area contributed by atoms with E-state index in [4.69, 9.17) is 4.74 Å². The standard InChI is InChI=1S/C18H25F3N2O2/c1-11-7-14(8-12(2)16(11)25-10-18(19,20)21)9-23(4)13(3)17(24)22-15-5-6-15/h7-8,13,15H,5-6,9-10H2,1-4H3,(H,22,24). The number of rotatable bonds is 7. The minimum Gasteiger partial charge on any atom is -0.484 e. The third-order valence-corrected chi connectivity index (χ3v) is 4.30. The van der Waals surface area contributed by atoms with Crippen LogP contribution in [-0.4, -0.2) is 42.7 Å². The molecule has 1 saturated carbocycles. The van der Waals surface area contributed by atoms with Gasteiger partial charge in [-0.2, -0.15) is 13.2 Å². The molecular formula is C18H25F3N2O2. The van der Waals surface area contributed by atoms with Gasteiger partial charge in [0.2, 0.25) is 5.91 Å². The second-order valence-electron chi connectivity index (χ2n) is 6.84. The van der Waals surface area contributed by atoms with Crippen molar-refractivity contribution in [2.45, 2.75) is 58.4 Å². The molecule has 0 radical (unpaired) electrons. The lowest BCUT2D eigenvalue weighted by molar-refractivity contribution is -0.153. The number of halogens is 3. The summed E-state index contributed by atoms with van der Waals surface area (Å²) in [5, 5.41) is 2.98. The number of hydrogen-bond donors (Lipinski definition) is 1. The van der Waals surface area contributed by atoms with Crippen LogP contribution in [0, 0.1) is 13.8 Å². The minimum absolute atomic E-state index is 0.00331. The average Bonchev–Trinajstić information content (AvgIpc) is 3.28. The first-order chi connectivity index (χ1) is 11.6. The van der Waals surface area contributed by atoms with Crippen molar-refractivity contribution in [3.8, 4) is 5.75 Å². The van der Waals surface area contributed by atoms with E-state index in [2.05, 4.69) is 5.32 Å². The smallest absolute Gasteiger partial charge is 0.422 e. The van der Waals surface area contributed by atoms with Crippen molar-refractivity contribution in [1.82, 2.24) is 10.2 Å². The fourth-order valence-electron chi connectivity index (χ4n) is 2.69. The minimum atomic E-state index is -4.36. The summed E-state index contributed by atoms with van der Waals surface area (Å²) in [4.78, 5) is 14.0. The zero-order chi connectivity index (χ0) is 18.8. The molecule has 2 rings (SSSR count). The maximum atomic E-state index is 12.3. The van der Waals surface area contributed by atoms with Crippen LogP contribution in [0.1, 0.15) is 36.5 Å². The first kappa shape index (κ1) is 19.6. The predicted molar refractivity (Wildman–Crippen MR) is 89.6 cm³/mol. The molecular weight excluding hydrogens is 333 g/mol. The topological polar surface area (TPSA) is 41.6 Å². The third-order valence-electron chi connectivity index (χ3n) is 4.30. The van der Waals surface area contributed by atoms with Gasteiger partial charge in [-0.1, -0.05) is 12.1 Å². The van der Waals surface area contributed by atoms with Gasteiger partial charge in [-0.3, -0.25) is 9.69 Å². The molecule has 1 N–H and O–H groups in total. The third kappa shape index (κ3) is 5.92. The highest BCUT2D eigenvalue weighted by Crippen LogP contribution is 2.28. The molecule has 0 heterocycles. The summed E-state index contributed by atoms with van der Waals surface area (Å²) in [5.74, 6) is 0.270. The van der Waals surface area contributed by atoms with E-state index in [0.717, 1.165) is 18.4 Å². The van der Waals surface area contributed by atoms with E-state index in [0.29, 0.717) is 23.7 Å². The van der Waals surface area contributed by atoms with Gasteiger partial charge < -0.3 is 10.1 Å². The molecule has 1 fully saturated rings. The molecule has 0 bridgehead atoms. The van der Waals surface area contributed by atoms with E-state index in [1.54, 1.807) is 26.0 Å². The van der Waals surface area contributed by atoms with Crippen LogP contribution in [0.2, 0.25) is 0 Å². The number of benzene rings is 1. The molecule has 1 atom stereocenters. The summed E-state index contributed by atoms with van der Waals surface area (Å²) in [7, 11) is 1.86. The Balaban J connectivity index is 2.00. The summed E-state index contributed by atoms with van der Waals surface area (Å²) >= 11 is 0. The van der Waals surface area contributed by atoms with E-state index in [1.165, 1.54) is 0 Å². The van der Waals surface area contributed by atoms with Gasteiger partial charge >= 0.3 is 6.18 Å². The normalized spacial score (nSPS) is 16.0. The fourth-order valence-corrected chi connectivity index (χ4v) is 2.69. The first-order valence-corrected chi connectivity index (χ1v) is 8.37. The first-order valence-electron chi connectivity index (χ1n) is 8.37. The molecule has 1 unspecified atom stereocenters. The van der Waals surface area contributed by atoms with Gasteiger partial charge in [0, 0.05) is 12.6 Å². The highest BCUT2D eigenvalue weighted by Gasteiger charge is 2.29. The molecule has 1 aliphatic rings. The quantitative estimate of drug-likeness (QED) is 0.813. The van der Waals surface area contributed by atoms with Crippen LogP contribution in [0.3, 0.4) is 0 Å². The van der Waals surface area contributed by atoms with Crippen LogP contribution >= 0.6 is 0 Å². The van der Waals surface area contributed by atoms with E-state index >= 15 is 0 Å². The van der Waals surface area contributed by atoms with Gasteiger partial charge in [0.25, 0.3) is 0 Å². The van der Waals surface area contributed by atoms with Crippen molar-refractivity contribution in [2.75, 3.05) is 13.7 Å². The van der Waals surface area contributed by atoms with E-state index < -0.39 is 12.8 Å². The maximum Gasteiger partial charge on any atom is 0.422 e. The highest BCUT2D eigenvalue weighted by molar-refractivity contribution is 5.81. The number of carbonyl (C=O) groups is 1. The Morgan fingerprint density at radius 1 is 1.32 bits per heavy atom. The molecule has 1 aromatic carbocycles. The van der Waals surface area contributed by atoms with Crippen LogP contribution in [0.25, 0.3) is 0 Å². The monoisotopic (exact) mass is 358 g/mol. The molecule has 0 aromatic heterocycles. The number of aryl methyl sites for hydroxylation is 2. The van der Waals surface area contributed by atoms with Gasteiger partial charge in [0.1, 0.15) is 5.75 Å². The van der Waals surface area contributed by atoms with Crippen molar-refractivity contribution in [1.29, 1.82) is 0 Å². The summed E-state index contributed by atoms with van der Waals surface area (Å²) in [5.41, 5.74) is 2.24. The summed E-state index contributed by atoms with van der Waals surface area (Å²) in [6.07, 6.45) is -2.28. The van der Waals surface area contributed by atoms with Crippen LogP contribution in [0.15, 0.2) is 12.1 Å². The molecule has 25 heavy (non-hydrogen) atoms. The fraction of sp³-hybridized carbons (Fsp3) is 0.611. The number of alkyl halides is 3. The Labute approximate surface area is 146 Å². The number of nitrogens with one attached hydrogen (secondary N) is 1. The zero-order valence-corrected chi connectivity index (χ0v) is 15.0.